The van der Waals surface area contributed by atoms with Gasteiger partial charge in [-0.3, -0.25) is 4.79 Å². The molecule has 96 valence electrons. The number of nitriles is 1. The standard InChI is InChI=1S/C10H13N5O3/c1-17-8-7(13-6-16)9(18-2)15-10(14-8)12-5-3-4-11/h6H,3,5H2,1-2H3,(H,13,16)(H,12,14,15). The van der Waals surface area contributed by atoms with Gasteiger partial charge in [0.2, 0.25) is 24.1 Å². The van der Waals surface area contributed by atoms with Crippen LogP contribution in [-0.4, -0.2) is 37.1 Å². The van der Waals surface area contributed by atoms with Crippen molar-refractivity contribution in [2.75, 3.05) is 31.4 Å². The molecule has 0 aromatic carbocycles. The Labute approximate surface area is 104 Å². The van der Waals surface area contributed by atoms with Crippen molar-refractivity contribution in [2.45, 2.75) is 6.42 Å². The Hall–Kier alpha value is -2.56. The van der Waals surface area contributed by atoms with Crippen molar-refractivity contribution >= 4 is 18.0 Å². The molecule has 0 saturated carbocycles. The van der Waals surface area contributed by atoms with Crippen LogP contribution in [0.3, 0.4) is 0 Å². The summed E-state index contributed by atoms with van der Waals surface area (Å²) in [5.74, 6) is 0.609. The third-order valence-corrected chi connectivity index (χ3v) is 1.95. The van der Waals surface area contributed by atoms with E-state index in [1.54, 1.807) is 0 Å². The lowest BCUT2D eigenvalue weighted by atomic mass is 10.4. The molecular weight excluding hydrogens is 238 g/mol. The van der Waals surface area contributed by atoms with Gasteiger partial charge in [0, 0.05) is 6.54 Å². The van der Waals surface area contributed by atoms with E-state index in [-0.39, 0.29) is 23.4 Å². The van der Waals surface area contributed by atoms with Gasteiger partial charge in [0.05, 0.1) is 26.7 Å². The lowest BCUT2D eigenvalue weighted by Gasteiger charge is -2.12. The first-order chi connectivity index (χ1) is 8.76. The van der Waals surface area contributed by atoms with Crippen LogP contribution in [0.2, 0.25) is 0 Å². The number of aromatic nitrogens is 2. The average molecular weight is 251 g/mol. The summed E-state index contributed by atoms with van der Waals surface area (Å²) in [6.07, 6.45) is 0.800. The van der Waals surface area contributed by atoms with E-state index in [9.17, 15) is 4.79 Å². The van der Waals surface area contributed by atoms with E-state index < -0.39 is 0 Å². The first-order valence-electron chi connectivity index (χ1n) is 5.07. The Morgan fingerprint density at radius 1 is 1.33 bits per heavy atom. The number of carbonyl (C=O) groups excluding carboxylic acids is 1. The maximum atomic E-state index is 10.5. The summed E-state index contributed by atoms with van der Waals surface area (Å²) in [6.45, 7) is 0.406. The molecule has 0 aliphatic rings. The number of rotatable bonds is 7. The molecule has 1 amide bonds. The summed E-state index contributed by atoms with van der Waals surface area (Å²) >= 11 is 0. The number of carbonyl (C=O) groups is 1. The predicted molar refractivity (Wildman–Crippen MR) is 63.5 cm³/mol. The molecular formula is C10H13N5O3. The smallest absolute Gasteiger partial charge is 0.246 e. The average Bonchev–Trinajstić information content (AvgIpc) is 2.40. The highest BCUT2D eigenvalue weighted by Crippen LogP contribution is 2.31. The number of anilines is 2. The van der Waals surface area contributed by atoms with Gasteiger partial charge in [-0.25, -0.2) is 0 Å². The molecule has 1 aromatic rings. The molecule has 18 heavy (non-hydrogen) atoms. The van der Waals surface area contributed by atoms with Gasteiger partial charge in [-0.15, -0.1) is 0 Å². The molecule has 0 unspecified atom stereocenters. The van der Waals surface area contributed by atoms with Gasteiger partial charge in [0.1, 0.15) is 0 Å². The van der Waals surface area contributed by atoms with Crippen molar-refractivity contribution in [1.29, 1.82) is 5.26 Å². The molecule has 0 bridgehead atoms. The number of amides is 1. The third-order valence-electron chi connectivity index (χ3n) is 1.95. The number of hydrogen-bond donors (Lipinski definition) is 2. The molecule has 2 N–H and O–H groups in total. The van der Waals surface area contributed by atoms with E-state index in [4.69, 9.17) is 14.7 Å². The Bertz CT molecular complexity index is 432. The Morgan fingerprint density at radius 2 is 1.94 bits per heavy atom. The quantitative estimate of drug-likeness (QED) is 0.532. The first kappa shape index (κ1) is 13.5. The fourth-order valence-corrected chi connectivity index (χ4v) is 1.21. The second-order valence-electron chi connectivity index (χ2n) is 3.04. The third kappa shape index (κ3) is 3.21. The molecule has 1 aromatic heterocycles. The molecule has 8 nitrogen and oxygen atoms in total. The number of methoxy groups -OCH3 is 2. The van der Waals surface area contributed by atoms with Crippen LogP contribution in [0.4, 0.5) is 11.6 Å². The zero-order valence-electron chi connectivity index (χ0n) is 10.1. The predicted octanol–water partition coefficient (Wildman–Crippen LogP) is 0.388. The topological polar surface area (TPSA) is 109 Å². The van der Waals surface area contributed by atoms with Crippen molar-refractivity contribution in [3.8, 4) is 17.8 Å². The molecule has 0 aliphatic heterocycles. The Kier molecular flexibility index (Phi) is 5.18. The first-order valence-corrected chi connectivity index (χ1v) is 5.07. The highest BCUT2D eigenvalue weighted by molar-refractivity contribution is 5.78. The molecule has 0 saturated heterocycles. The molecule has 8 heteroatoms. The van der Waals surface area contributed by atoms with Gasteiger partial charge in [-0.1, -0.05) is 0 Å². The normalized spacial score (nSPS) is 9.17. The summed E-state index contributed by atoms with van der Waals surface area (Å²) in [5, 5.41) is 13.7. The molecule has 1 rings (SSSR count). The lowest BCUT2D eigenvalue weighted by molar-refractivity contribution is -0.105. The number of ether oxygens (including phenoxy) is 2. The molecule has 1 heterocycles. The minimum Gasteiger partial charge on any atom is -0.479 e. The lowest BCUT2D eigenvalue weighted by Crippen LogP contribution is -2.09. The van der Waals surface area contributed by atoms with Gasteiger partial charge in [-0.05, 0) is 0 Å². The molecule has 0 spiro atoms. The summed E-state index contributed by atoms with van der Waals surface area (Å²) < 4.78 is 10.1. The van der Waals surface area contributed by atoms with Crippen LogP contribution in [-0.2, 0) is 4.79 Å². The minimum absolute atomic E-state index is 0.174. The van der Waals surface area contributed by atoms with Crippen molar-refractivity contribution in [1.82, 2.24) is 9.97 Å². The van der Waals surface area contributed by atoms with Crippen LogP contribution in [0.1, 0.15) is 6.42 Å². The van der Waals surface area contributed by atoms with Crippen molar-refractivity contribution in [3.63, 3.8) is 0 Å². The summed E-state index contributed by atoms with van der Waals surface area (Å²) in [6, 6.07) is 1.99. The van der Waals surface area contributed by atoms with E-state index in [1.165, 1.54) is 14.2 Å². The molecule has 0 aliphatic carbocycles. The monoisotopic (exact) mass is 251 g/mol. The number of hydrogen-bond acceptors (Lipinski definition) is 7. The van der Waals surface area contributed by atoms with Crippen molar-refractivity contribution in [3.05, 3.63) is 0 Å². The Morgan fingerprint density at radius 3 is 2.39 bits per heavy atom. The van der Waals surface area contributed by atoms with E-state index in [0.29, 0.717) is 19.4 Å². The van der Waals surface area contributed by atoms with E-state index in [1.807, 2.05) is 6.07 Å². The highest BCUT2D eigenvalue weighted by atomic mass is 16.5. The number of nitrogens with one attached hydrogen (secondary N) is 2. The maximum Gasteiger partial charge on any atom is 0.246 e. The second kappa shape index (κ2) is 6.90. The zero-order chi connectivity index (χ0) is 13.4. The summed E-state index contributed by atoms with van der Waals surface area (Å²) in [7, 11) is 2.83. The van der Waals surface area contributed by atoms with Crippen LogP contribution in [0.15, 0.2) is 0 Å². The zero-order valence-corrected chi connectivity index (χ0v) is 10.1. The van der Waals surface area contributed by atoms with Crippen LogP contribution in [0.25, 0.3) is 0 Å². The fraction of sp³-hybridized carbons (Fsp3) is 0.400. The SMILES string of the molecule is COc1nc(NCCC#N)nc(OC)c1NC=O. The van der Waals surface area contributed by atoms with Gasteiger partial charge in [-0.2, -0.15) is 15.2 Å². The molecule has 0 atom stereocenters. The molecule has 0 fully saturated rings. The Balaban J connectivity index is 3.02. The van der Waals surface area contributed by atoms with Crippen LogP contribution in [0, 0.1) is 11.3 Å². The van der Waals surface area contributed by atoms with Gasteiger partial charge < -0.3 is 20.1 Å². The van der Waals surface area contributed by atoms with Crippen LogP contribution >= 0.6 is 0 Å². The largest absolute Gasteiger partial charge is 0.479 e. The van der Waals surface area contributed by atoms with E-state index in [2.05, 4.69) is 20.6 Å². The highest BCUT2D eigenvalue weighted by Gasteiger charge is 2.15. The molecule has 0 radical (unpaired) electrons. The summed E-state index contributed by atoms with van der Waals surface area (Å²) in [4.78, 5) is 18.5. The van der Waals surface area contributed by atoms with Gasteiger partial charge >= 0.3 is 0 Å². The second-order valence-corrected chi connectivity index (χ2v) is 3.04. The van der Waals surface area contributed by atoms with E-state index in [0.717, 1.165) is 0 Å². The van der Waals surface area contributed by atoms with Crippen molar-refractivity contribution in [2.24, 2.45) is 0 Å². The van der Waals surface area contributed by atoms with Gasteiger partial charge in [0.15, 0.2) is 5.69 Å². The van der Waals surface area contributed by atoms with Crippen LogP contribution < -0.4 is 20.1 Å². The number of nitrogens with zero attached hydrogens (tertiary/aromatic N) is 3. The van der Waals surface area contributed by atoms with Gasteiger partial charge in [0.25, 0.3) is 0 Å². The maximum absolute atomic E-state index is 10.5. The van der Waals surface area contributed by atoms with Crippen molar-refractivity contribution < 1.29 is 14.3 Å². The van der Waals surface area contributed by atoms with E-state index >= 15 is 0 Å². The van der Waals surface area contributed by atoms with Crippen LogP contribution in [0.5, 0.6) is 11.8 Å². The summed E-state index contributed by atoms with van der Waals surface area (Å²) in [5.41, 5.74) is 0.251. The fourth-order valence-electron chi connectivity index (χ4n) is 1.21. The minimum atomic E-state index is 0.174.